The van der Waals surface area contributed by atoms with E-state index >= 15 is 4.39 Å². The molecule has 41 heavy (non-hydrogen) atoms. The number of hydrogen-bond acceptors (Lipinski definition) is 8. The third kappa shape index (κ3) is 5.92. The van der Waals surface area contributed by atoms with Crippen LogP contribution in [0.5, 0.6) is 5.75 Å². The van der Waals surface area contributed by atoms with Gasteiger partial charge in [0.1, 0.15) is 11.6 Å². The minimum atomic E-state index is -0.227. The first-order valence-electron chi connectivity index (χ1n) is 14.4. The SMILES string of the molecule is COc1cc(C)cc(-c2nc(C(C)C)sc2-c2ccnc(Nc3ccc(N4CCN5CCCCC5C4)c(F)c3)n2)c1. The van der Waals surface area contributed by atoms with Crippen LogP contribution in [-0.2, 0) is 0 Å². The summed E-state index contributed by atoms with van der Waals surface area (Å²) in [6.45, 7) is 10.2. The molecule has 6 rings (SSSR count). The molecule has 2 fully saturated rings. The number of halogens is 1. The van der Waals surface area contributed by atoms with Crippen molar-refractivity contribution in [1.29, 1.82) is 0 Å². The second kappa shape index (κ2) is 11.7. The van der Waals surface area contributed by atoms with Crippen LogP contribution < -0.4 is 15.0 Å². The molecule has 2 aromatic heterocycles. The van der Waals surface area contributed by atoms with E-state index in [2.05, 4.69) is 46.9 Å². The van der Waals surface area contributed by atoms with Crippen LogP contribution >= 0.6 is 11.3 Å². The topological polar surface area (TPSA) is 66.4 Å². The van der Waals surface area contributed by atoms with Crippen LogP contribution in [0.3, 0.4) is 0 Å². The summed E-state index contributed by atoms with van der Waals surface area (Å²) in [5.74, 6) is 1.26. The molecule has 0 spiro atoms. The standard InChI is InChI=1S/C32H37FN6OS/c1-20(2)31-37-29(22-15-21(3)16-25(17-22)40-4)30(41-31)27-10-11-34-32(36-27)35-23-8-9-28(26(33)18-23)39-14-13-38-12-6-5-7-24(38)19-39/h8-11,15-18,20,24H,5-7,12-14,19H2,1-4H3,(H,34,35,36). The highest BCUT2D eigenvalue weighted by Gasteiger charge is 2.30. The highest BCUT2D eigenvalue weighted by atomic mass is 32.1. The van der Waals surface area contributed by atoms with E-state index in [1.807, 2.05) is 30.3 Å². The Kier molecular flexibility index (Phi) is 7.90. The lowest BCUT2D eigenvalue weighted by molar-refractivity contribution is 0.133. The van der Waals surface area contributed by atoms with Gasteiger partial charge < -0.3 is 15.0 Å². The second-order valence-electron chi connectivity index (χ2n) is 11.3. The number of benzene rings is 2. The van der Waals surface area contributed by atoms with Gasteiger partial charge in [0.2, 0.25) is 5.95 Å². The van der Waals surface area contributed by atoms with Crippen molar-refractivity contribution in [2.45, 2.75) is 52.0 Å². The van der Waals surface area contributed by atoms with Crippen molar-refractivity contribution in [2.24, 2.45) is 0 Å². The van der Waals surface area contributed by atoms with Crippen LogP contribution in [0.15, 0.2) is 48.7 Å². The summed E-state index contributed by atoms with van der Waals surface area (Å²) < 4.78 is 20.9. The first-order chi connectivity index (χ1) is 19.9. The zero-order valence-electron chi connectivity index (χ0n) is 24.2. The Bertz CT molecular complexity index is 1540. The van der Waals surface area contributed by atoms with E-state index in [9.17, 15) is 0 Å². The van der Waals surface area contributed by atoms with Crippen molar-refractivity contribution in [3.8, 4) is 27.6 Å². The number of rotatable bonds is 7. The van der Waals surface area contributed by atoms with Crippen LogP contribution in [0.25, 0.3) is 21.8 Å². The Morgan fingerprint density at radius 2 is 1.93 bits per heavy atom. The van der Waals surface area contributed by atoms with Crippen molar-refractivity contribution < 1.29 is 9.13 Å². The number of thiazole rings is 1. The Balaban J connectivity index is 1.25. The van der Waals surface area contributed by atoms with Gasteiger partial charge in [0.15, 0.2) is 0 Å². The lowest BCUT2D eigenvalue weighted by Gasteiger charge is -2.45. The van der Waals surface area contributed by atoms with Crippen molar-refractivity contribution in [3.05, 3.63) is 65.0 Å². The number of aromatic nitrogens is 3. The Hall–Kier alpha value is -3.56. The molecule has 7 nitrogen and oxygen atoms in total. The number of methoxy groups -OCH3 is 1. The van der Waals surface area contributed by atoms with E-state index in [0.29, 0.717) is 23.4 Å². The molecule has 1 N–H and O–H groups in total. The second-order valence-corrected chi connectivity index (χ2v) is 12.3. The number of piperidine rings is 1. The third-order valence-corrected chi connectivity index (χ3v) is 9.35. The van der Waals surface area contributed by atoms with E-state index < -0.39 is 0 Å². The van der Waals surface area contributed by atoms with Crippen molar-refractivity contribution >= 4 is 28.7 Å². The average molecular weight is 573 g/mol. The van der Waals surface area contributed by atoms with Crippen LogP contribution in [0.4, 0.5) is 21.7 Å². The molecular formula is C32H37FN6OS. The van der Waals surface area contributed by atoms with Crippen LogP contribution in [-0.4, -0.2) is 59.2 Å². The summed E-state index contributed by atoms with van der Waals surface area (Å²) in [5.41, 5.74) is 5.01. The number of fused-ring (bicyclic) bond motifs is 1. The normalized spacial score (nSPS) is 17.5. The lowest BCUT2D eigenvalue weighted by atomic mass is 9.99. The van der Waals surface area contributed by atoms with Crippen LogP contribution in [0.1, 0.15) is 49.6 Å². The van der Waals surface area contributed by atoms with Gasteiger partial charge in [-0.2, -0.15) is 0 Å². The molecule has 2 saturated heterocycles. The summed E-state index contributed by atoms with van der Waals surface area (Å²) in [6.07, 6.45) is 5.47. The van der Waals surface area contributed by atoms with Gasteiger partial charge in [0, 0.05) is 49.0 Å². The molecule has 1 atom stereocenters. The van der Waals surface area contributed by atoms with Gasteiger partial charge in [-0.1, -0.05) is 20.3 Å². The van der Waals surface area contributed by atoms with E-state index in [1.165, 1.54) is 25.8 Å². The monoisotopic (exact) mass is 572 g/mol. The van der Waals surface area contributed by atoms with Crippen molar-refractivity contribution in [1.82, 2.24) is 19.9 Å². The van der Waals surface area contributed by atoms with E-state index in [4.69, 9.17) is 14.7 Å². The number of nitrogens with zero attached hydrogens (tertiary/aromatic N) is 5. The minimum Gasteiger partial charge on any atom is -0.497 e. The maximum absolute atomic E-state index is 15.4. The number of ether oxygens (including phenoxy) is 1. The average Bonchev–Trinajstić information content (AvgIpc) is 3.43. The molecular weight excluding hydrogens is 535 g/mol. The molecule has 1 unspecified atom stereocenters. The maximum atomic E-state index is 15.4. The molecule has 0 aliphatic carbocycles. The summed E-state index contributed by atoms with van der Waals surface area (Å²) in [5, 5.41) is 4.26. The highest BCUT2D eigenvalue weighted by Crippen LogP contribution is 2.40. The summed E-state index contributed by atoms with van der Waals surface area (Å²) in [7, 11) is 1.68. The molecule has 0 bridgehead atoms. The quantitative estimate of drug-likeness (QED) is 0.250. The molecule has 9 heteroatoms. The number of nitrogens with one attached hydrogen (secondary N) is 1. The van der Waals surface area contributed by atoms with Gasteiger partial charge in [-0.15, -0.1) is 11.3 Å². The molecule has 2 aromatic carbocycles. The summed E-state index contributed by atoms with van der Waals surface area (Å²) in [6, 6.07) is 13.9. The van der Waals surface area contributed by atoms with Crippen molar-refractivity contribution in [3.63, 3.8) is 0 Å². The fraction of sp³-hybridized carbons (Fsp3) is 0.406. The van der Waals surface area contributed by atoms with Gasteiger partial charge in [0.05, 0.1) is 34.1 Å². The van der Waals surface area contributed by atoms with Gasteiger partial charge in [0.25, 0.3) is 0 Å². The van der Waals surface area contributed by atoms with E-state index in [-0.39, 0.29) is 11.7 Å². The van der Waals surface area contributed by atoms with Crippen molar-refractivity contribution in [2.75, 3.05) is 43.5 Å². The molecule has 214 valence electrons. The Morgan fingerprint density at radius 1 is 1.05 bits per heavy atom. The third-order valence-electron chi connectivity index (χ3n) is 7.97. The lowest BCUT2D eigenvalue weighted by Crippen LogP contribution is -2.55. The smallest absolute Gasteiger partial charge is 0.227 e. The fourth-order valence-electron chi connectivity index (χ4n) is 5.85. The molecule has 2 aliphatic heterocycles. The molecule has 0 radical (unpaired) electrons. The van der Waals surface area contributed by atoms with Crippen LogP contribution in [0.2, 0.25) is 0 Å². The number of hydrogen-bond donors (Lipinski definition) is 1. The largest absolute Gasteiger partial charge is 0.497 e. The predicted octanol–water partition coefficient (Wildman–Crippen LogP) is 7.26. The van der Waals surface area contributed by atoms with Gasteiger partial charge >= 0.3 is 0 Å². The number of anilines is 3. The van der Waals surface area contributed by atoms with Gasteiger partial charge in [-0.3, -0.25) is 4.90 Å². The molecule has 0 amide bonds. The van der Waals surface area contributed by atoms with Gasteiger partial charge in [-0.25, -0.2) is 19.3 Å². The highest BCUT2D eigenvalue weighted by molar-refractivity contribution is 7.15. The van der Waals surface area contributed by atoms with E-state index in [0.717, 1.165) is 57.8 Å². The number of aryl methyl sites for hydroxylation is 1. The van der Waals surface area contributed by atoms with E-state index in [1.54, 1.807) is 30.7 Å². The Morgan fingerprint density at radius 3 is 2.73 bits per heavy atom. The number of piperazine rings is 1. The molecule has 4 heterocycles. The minimum absolute atomic E-state index is 0.227. The first-order valence-corrected chi connectivity index (χ1v) is 15.3. The predicted molar refractivity (Wildman–Crippen MR) is 165 cm³/mol. The first kappa shape index (κ1) is 27.6. The molecule has 0 saturated carbocycles. The Labute approximate surface area is 245 Å². The summed E-state index contributed by atoms with van der Waals surface area (Å²) in [4.78, 5) is 20.0. The van der Waals surface area contributed by atoms with Gasteiger partial charge in [-0.05, 0) is 74.3 Å². The molecule has 2 aliphatic rings. The fourth-order valence-corrected chi connectivity index (χ4v) is 6.91. The van der Waals surface area contributed by atoms with Crippen LogP contribution in [0, 0.1) is 12.7 Å². The zero-order chi connectivity index (χ0) is 28.5. The zero-order valence-corrected chi connectivity index (χ0v) is 25.0. The maximum Gasteiger partial charge on any atom is 0.227 e. The summed E-state index contributed by atoms with van der Waals surface area (Å²) >= 11 is 1.64. The molecule has 4 aromatic rings.